The summed E-state index contributed by atoms with van der Waals surface area (Å²) in [4.78, 5) is 0. The highest BCUT2D eigenvalue weighted by molar-refractivity contribution is 5.92. The molecule has 0 fully saturated rings. The van der Waals surface area contributed by atoms with E-state index in [1.54, 1.807) is 0 Å². The van der Waals surface area contributed by atoms with Gasteiger partial charge in [0.15, 0.2) is 5.82 Å². The van der Waals surface area contributed by atoms with Crippen molar-refractivity contribution < 1.29 is 5.21 Å². The lowest BCUT2D eigenvalue weighted by Gasteiger charge is -2.09. The third kappa shape index (κ3) is 1.97. The highest BCUT2D eigenvalue weighted by atomic mass is 16.5. The maximum Gasteiger partial charge on any atom is 0.180 e. The largest absolute Gasteiger partial charge is 0.290 e. The van der Waals surface area contributed by atoms with E-state index in [1.165, 1.54) is 0 Å². The van der Waals surface area contributed by atoms with Crippen LogP contribution in [-0.2, 0) is 6.42 Å². The molecule has 0 aliphatic rings. The smallest absolute Gasteiger partial charge is 0.180 e. The highest BCUT2D eigenvalue weighted by Crippen LogP contribution is 2.23. The first-order valence-electron chi connectivity index (χ1n) is 5.36. The van der Waals surface area contributed by atoms with Gasteiger partial charge in [-0.15, -0.1) is 5.10 Å². The second kappa shape index (κ2) is 4.45. The molecule has 0 unspecified atom stereocenters. The van der Waals surface area contributed by atoms with Gasteiger partial charge in [-0.3, -0.25) is 10.7 Å². The fraction of sp³-hybridized carbons (Fsp3) is 0.333. The van der Waals surface area contributed by atoms with E-state index in [0.29, 0.717) is 11.7 Å². The molecule has 0 saturated carbocycles. The summed E-state index contributed by atoms with van der Waals surface area (Å²) in [6, 6.07) is 7.81. The molecule has 4 nitrogen and oxygen atoms in total. The van der Waals surface area contributed by atoms with E-state index in [2.05, 4.69) is 29.5 Å². The highest BCUT2D eigenvalue weighted by Gasteiger charge is 2.09. The molecule has 0 spiro atoms. The lowest BCUT2D eigenvalue weighted by molar-refractivity contribution is 0.386. The summed E-state index contributed by atoms with van der Waals surface area (Å²) in [6.45, 7) is 4.29. The first-order chi connectivity index (χ1) is 7.72. The number of nitrogens with one attached hydrogen (secondary N) is 1. The molecule has 16 heavy (non-hydrogen) atoms. The Bertz CT molecular complexity index is 497. The normalized spacial score (nSPS) is 11.0. The van der Waals surface area contributed by atoms with E-state index in [9.17, 15) is 0 Å². The predicted molar refractivity (Wildman–Crippen MR) is 63.5 cm³/mol. The van der Waals surface area contributed by atoms with Gasteiger partial charge in [-0.2, -0.15) is 5.10 Å². The van der Waals surface area contributed by atoms with Crippen LogP contribution < -0.4 is 5.48 Å². The zero-order valence-electron chi connectivity index (χ0n) is 9.44. The maximum absolute atomic E-state index is 8.96. The molecule has 4 heteroatoms. The molecule has 0 aliphatic carbocycles. The van der Waals surface area contributed by atoms with Crippen molar-refractivity contribution in [1.29, 1.82) is 0 Å². The Hall–Kier alpha value is -1.68. The van der Waals surface area contributed by atoms with Crippen LogP contribution in [0.15, 0.2) is 24.3 Å². The van der Waals surface area contributed by atoms with Gasteiger partial charge in [-0.1, -0.05) is 38.1 Å². The van der Waals surface area contributed by atoms with Crippen LogP contribution in [0.5, 0.6) is 0 Å². The van der Waals surface area contributed by atoms with E-state index in [-0.39, 0.29) is 0 Å². The fourth-order valence-corrected chi connectivity index (χ4v) is 1.78. The van der Waals surface area contributed by atoms with Crippen molar-refractivity contribution in [3.05, 3.63) is 30.0 Å². The fourth-order valence-electron chi connectivity index (χ4n) is 1.78. The summed E-state index contributed by atoms with van der Waals surface area (Å²) >= 11 is 0. The predicted octanol–water partition coefficient (Wildman–Crippen LogP) is 2.63. The maximum atomic E-state index is 8.96. The summed E-state index contributed by atoms with van der Waals surface area (Å²) in [5, 5.41) is 19.0. The summed E-state index contributed by atoms with van der Waals surface area (Å²) in [5.41, 5.74) is 3.05. The quantitative estimate of drug-likeness (QED) is 0.776. The van der Waals surface area contributed by atoms with Crippen LogP contribution in [0.25, 0.3) is 10.8 Å². The monoisotopic (exact) mass is 217 g/mol. The van der Waals surface area contributed by atoms with Crippen LogP contribution in [-0.4, -0.2) is 15.4 Å². The Morgan fingerprint density at radius 3 is 2.50 bits per heavy atom. The Morgan fingerprint density at radius 1 is 1.19 bits per heavy atom. The van der Waals surface area contributed by atoms with E-state index < -0.39 is 0 Å². The van der Waals surface area contributed by atoms with Crippen molar-refractivity contribution in [3.8, 4) is 0 Å². The topological polar surface area (TPSA) is 58.0 Å². The van der Waals surface area contributed by atoms with E-state index in [0.717, 1.165) is 22.9 Å². The van der Waals surface area contributed by atoms with E-state index >= 15 is 0 Å². The van der Waals surface area contributed by atoms with Crippen molar-refractivity contribution in [2.75, 3.05) is 5.48 Å². The summed E-state index contributed by atoms with van der Waals surface area (Å²) in [7, 11) is 0. The zero-order valence-corrected chi connectivity index (χ0v) is 9.44. The number of benzene rings is 1. The van der Waals surface area contributed by atoms with Gasteiger partial charge < -0.3 is 0 Å². The van der Waals surface area contributed by atoms with Crippen LogP contribution in [0.3, 0.4) is 0 Å². The molecule has 1 aromatic carbocycles. The van der Waals surface area contributed by atoms with Crippen LogP contribution in [0, 0.1) is 5.92 Å². The lowest BCUT2D eigenvalue weighted by Crippen LogP contribution is -2.03. The Labute approximate surface area is 94.3 Å². The second-order valence-electron chi connectivity index (χ2n) is 4.25. The summed E-state index contributed by atoms with van der Waals surface area (Å²) in [6.07, 6.45) is 0.888. The molecular weight excluding hydrogens is 202 g/mol. The van der Waals surface area contributed by atoms with Gasteiger partial charge in [0.05, 0.1) is 5.69 Å². The second-order valence-corrected chi connectivity index (χ2v) is 4.25. The molecule has 1 aromatic heterocycles. The number of anilines is 1. The minimum atomic E-state index is 0.406. The zero-order chi connectivity index (χ0) is 11.5. The molecule has 1 heterocycles. The lowest BCUT2D eigenvalue weighted by atomic mass is 10.0. The summed E-state index contributed by atoms with van der Waals surface area (Å²) in [5.74, 6) is 0.939. The Kier molecular flexibility index (Phi) is 3.01. The van der Waals surface area contributed by atoms with Crippen LogP contribution in [0.1, 0.15) is 19.5 Å². The van der Waals surface area contributed by atoms with Crippen LogP contribution in [0.2, 0.25) is 0 Å². The Balaban J connectivity index is 2.60. The van der Waals surface area contributed by atoms with Gasteiger partial charge in [-0.25, -0.2) is 0 Å². The first-order valence-corrected chi connectivity index (χ1v) is 5.36. The van der Waals surface area contributed by atoms with Crippen molar-refractivity contribution >= 4 is 16.6 Å². The van der Waals surface area contributed by atoms with Gasteiger partial charge in [0, 0.05) is 10.8 Å². The van der Waals surface area contributed by atoms with Gasteiger partial charge in [0.1, 0.15) is 0 Å². The number of hydrogen-bond acceptors (Lipinski definition) is 4. The molecule has 0 aliphatic heterocycles. The number of nitrogens with zero attached hydrogens (tertiary/aromatic N) is 2. The van der Waals surface area contributed by atoms with Gasteiger partial charge in [0.2, 0.25) is 0 Å². The average molecular weight is 217 g/mol. The third-order valence-corrected chi connectivity index (χ3v) is 2.47. The minimum absolute atomic E-state index is 0.406. The number of aromatic nitrogens is 2. The van der Waals surface area contributed by atoms with Gasteiger partial charge in [0.25, 0.3) is 0 Å². The molecule has 0 radical (unpaired) electrons. The van der Waals surface area contributed by atoms with Gasteiger partial charge >= 0.3 is 0 Å². The van der Waals surface area contributed by atoms with Crippen LogP contribution in [0.4, 0.5) is 5.82 Å². The van der Waals surface area contributed by atoms with Crippen molar-refractivity contribution in [2.45, 2.75) is 20.3 Å². The van der Waals surface area contributed by atoms with E-state index in [1.807, 2.05) is 24.3 Å². The molecule has 0 saturated heterocycles. The number of fused-ring (bicyclic) bond motifs is 1. The Morgan fingerprint density at radius 2 is 1.88 bits per heavy atom. The molecule has 84 valence electrons. The van der Waals surface area contributed by atoms with Crippen molar-refractivity contribution in [1.82, 2.24) is 10.2 Å². The molecule has 2 aromatic rings. The summed E-state index contributed by atoms with van der Waals surface area (Å²) < 4.78 is 0. The molecule has 0 bridgehead atoms. The molecule has 0 amide bonds. The number of rotatable bonds is 3. The van der Waals surface area contributed by atoms with E-state index in [4.69, 9.17) is 5.21 Å². The van der Waals surface area contributed by atoms with Gasteiger partial charge in [-0.05, 0) is 12.3 Å². The number of hydrogen-bond donors (Lipinski definition) is 2. The standard InChI is InChI=1S/C12H15N3O/c1-8(2)7-11-9-5-3-4-6-10(9)12(15-16)14-13-11/h3-6,8,16H,7H2,1-2H3,(H,14,15). The van der Waals surface area contributed by atoms with Crippen molar-refractivity contribution in [2.24, 2.45) is 5.92 Å². The molecular formula is C12H15N3O. The van der Waals surface area contributed by atoms with Crippen LogP contribution >= 0.6 is 0 Å². The molecule has 2 rings (SSSR count). The molecule has 0 atom stereocenters. The first kappa shape index (κ1) is 10.8. The third-order valence-electron chi connectivity index (χ3n) is 2.47. The average Bonchev–Trinajstić information content (AvgIpc) is 2.29. The SMILES string of the molecule is CC(C)Cc1nnc(NO)c2ccccc12. The van der Waals surface area contributed by atoms with Crippen molar-refractivity contribution in [3.63, 3.8) is 0 Å². The molecule has 2 N–H and O–H groups in total. The minimum Gasteiger partial charge on any atom is -0.290 e.